The number of amides is 1. The molecule has 4 rings (SSSR count). The summed E-state index contributed by atoms with van der Waals surface area (Å²) >= 11 is 0. The lowest BCUT2D eigenvalue weighted by Crippen LogP contribution is -2.44. The lowest BCUT2D eigenvalue weighted by molar-refractivity contribution is -0.128. The Hall–Kier alpha value is -4.03. The average Bonchev–Trinajstić information content (AvgIpc) is 3.43. The molecule has 2 aromatic carbocycles. The van der Waals surface area contributed by atoms with Gasteiger partial charge in [-0.15, -0.1) is 11.5 Å². The van der Waals surface area contributed by atoms with Crippen molar-refractivity contribution in [3.8, 4) is 11.3 Å². The molecule has 0 spiro atoms. The zero-order valence-corrected chi connectivity index (χ0v) is 20.3. The molecule has 3 heteroatoms. The molecule has 1 aliphatic heterocycles. The first-order valence-electron chi connectivity index (χ1n) is 12.0. The monoisotopic (exact) mass is 461 g/mol. The molecule has 1 unspecified atom stereocenters. The van der Waals surface area contributed by atoms with Crippen LogP contribution in [-0.4, -0.2) is 23.4 Å². The zero-order chi connectivity index (χ0) is 24.8. The Balaban J connectivity index is 1.48. The van der Waals surface area contributed by atoms with Crippen LogP contribution in [0.25, 0.3) is 28.5 Å². The summed E-state index contributed by atoms with van der Waals surface area (Å²) in [4.78, 5) is 15.5. The van der Waals surface area contributed by atoms with Crippen LogP contribution in [-0.2, 0) is 4.79 Å². The molecule has 2 atom stereocenters. The first-order chi connectivity index (χ1) is 17.0. The Morgan fingerprint density at radius 3 is 2.51 bits per heavy atom. The van der Waals surface area contributed by atoms with Crippen molar-refractivity contribution in [2.75, 3.05) is 6.54 Å². The maximum atomic E-state index is 13.6. The molecule has 0 bridgehead atoms. The van der Waals surface area contributed by atoms with Gasteiger partial charge in [0.2, 0.25) is 0 Å². The third-order valence-electron chi connectivity index (χ3n) is 6.81. The number of carbonyl (C=O) groups excluding carboxylic acids is 1. The van der Waals surface area contributed by atoms with Crippen LogP contribution >= 0.6 is 0 Å². The lowest BCUT2D eigenvalue weighted by Gasteiger charge is -2.38. The minimum absolute atomic E-state index is 0.0331. The number of benzene rings is 2. The van der Waals surface area contributed by atoms with Gasteiger partial charge in [0.1, 0.15) is 5.76 Å². The van der Waals surface area contributed by atoms with Gasteiger partial charge in [-0.25, -0.2) is 0 Å². The summed E-state index contributed by atoms with van der Waals surface area (Å²) in [7, 11) is 0. The SMILES string of the molecule is C=C=C(CC1CCN(C(=O)C(=C=C)c2ccc(-c3ccco3)c(C=C)c2)[C@H](C)C1)c1ccccc1. The average molecular weight is 462 g/mol. The zero-order valence-electron chi connectivity index (χ0n) is 20.3. The van der Waals surface area contributed by atoms with Crippen LogP contribution in [0.3, 0.4) is 0 Å². The second-order valence-corrected chi connectivity index (χ2v) is 9.00. The lowest BCUT2D eigenvalue weighted by atomic mass is 9.84. The molecule has 1 fully saturated rings. The Kier molecular flexibility index (Phi) is 7.53. The van der Waals surface area contributed by atoms with E-state index in [-0.39, 0.29) is 11.9 Å². The normalized spacial score (nSPS) is 17.2. The van der Waals surface area contributed by atoms with E-state index in [0.717, 1.165) is 47.3 Å². The molecule has 0 aliphatic carbocycles. The van der Waals surface area contributed by atoms with Gasteiger partial charge in [0.15, 0.2) is 0 Å². The minimum Gasteiger partial charge on any atom is -0.464 e. The van der Waals surface area contributed by atoms with E-state index in [0.29, 0.717) is 18.0 Å². The molecule has 2 heterocycles. The Morgan fingerprint density at radius 1 is 1.09 bits per heavy atom. The van der Waals surface area contributed by atoms with E-state index in [4.69, 9.17) is 4.42 Å². The van der Waals surface area contributed by atoms with Gasteiger partial charge in [-0.2, -0.15) is 0 Å². The molecule has 1 aliphatic rings. The van der Waals surface area contributed by atoms with E-state index in [1.807, 2.05) is 53.4 Å². The summed E-state index contributed by atoms with van der Waals surface area (Å²) in [6.07, 6.45) is 6.21. The summed E-state index contributed by atoms with van der Waals surface area (Å²) in [5, 5.41) is 0. The van der Waals surface area contributed by atoms with Crippen LogP contribution in [0.5, 0.6) is 0 Å². The van der Waals surface area contributed by atoms with Gasteiger partial charge in [0.25, 0.3) is 5.91 Å². The van der Waals surface area contributed by atoms with E-state index in [1.54, 1.807) is 12.3 Å². The number of carbonyl (C=O) groups is 1. The largest absolute Gasteiger partial charge is 0.464 e. The van der Waals surface area contributed by atoms with Crippen molar-refractivity contribution in [2.45, 2.75) is 32.2 Å². The highest BCUT2D eigenvalue weighted by Gasteiger charge is 2.31. The van der Waals surface area contributed by atoms with E-state index in [1.165, 1.54) is 5.56 Å². The fourth-order valence-corrected chi connectivity index (χ4v) is 4.96. The highest BCUT2D eigenvalue weighted by Crippen LogP contribution is 2.34. The first kappa shape index (κ1) is 24.1. The minimum atomic E-state index is -0.0331. The molecular formula is C32H31NO2. The Bertz CT molecular complexity index is 1300. The van der Waals surface area contributed by atoms with Crippen molar-refractivity contribution in [1.82, 2.24) is 4.90 Å². The molecule has 0 radical (unpaired) electrons. The first-order valence-corrected chi connectivity index (χ1v) is 12.0. The molecule has 0 N–H and O–H groups in total. The Labute approximate surface area is 208 Å². The van der Waals surface area contributed by atoms with Crippen LogP contribution in [0.4, 0.5) is 0 Å². The number of nitrogens with zero attached hydrogens (tertiary/aromatic N) is 1. The summed E-state index contributed by atoms with van der Waals surface area (Å²) in [5.41, 5.74) is 11.5. The predicted octanol–water partition coefficient (Wildman–Crippen LogP) is 7.64. The quantitative estimate of drug-likeness (QED) is 0.267. The summed E-state index contributed by atoms with van der Waals surface area (Å²) < 4.78 is 5.55. The molecule has 1 aromatic heterocycles. The molecule has 0 saturated carbocycles. The van der Waals surface area contributed by atoms with Crippen LogP contribution in [0.1, 0.15) is 42.9 Å². The number of piperidine rings is 1. The highest BCUT2D eigenvalue weighted by atomic mass is 16.3. The predicted molar refractivity (Wildman–Crippen MR) is 144 cm³/mol. The smallest absolute Gasteiger partial charge is 0.262 e. The molecule has 3 nitrogen and oxygen atoms in total. The van der Waals surface area contributed by atoms with Gasteiger partial charge in [-0.1, -0.05) is 62.2 Å². The van der Waals surface area contributed by atoms with E-state index < -0.39 is 0 Å². The van der Waals surface area contributed by atoms with E-state index >= 15 is 0 Å². The van der Waals surface area contributed by atoms with Gasteiger partial charge in [-0.3, -0.25) is 4.79 Å². The fourth-order valence-electron chi connectivity index (χ4n) is 4.96. The van der Waals surface area contributed by atoms with Crippen molar-refractivity contribution in [2.24, 2.45) is 5.92 Å². The standard InChI is InChI=1S/C32H31NO2/c1-5-25(27-12-9-8-10-13-27)21-24-17-18-33(23(4)20-24)32(34)29(7-3)28-15-16-30(26(6-2)22-28)31-14-11-19-35-31/h6,8-16,19,22-24H,1-3,17-18,20-21H2,4H3/t23-,24?/m1/s1. The fraction of sp³-hybridized carbons (Fsp3) is 0.219. The highest BCUT2D eigenvalue weighted by molar-refractivity contribution is 6.19. The van der Waals surface area contributed by atoms with Gasteiger partial charge < -0.3 is 9.32 Å². The van der Waals surface area contributed by atoms with Crippen LogP contribution < -0.4 is 0 Å². The second-order valence-electron chi connectivity index (χ2n) is 9.00. The van der Waals surface area contributed by atoms with Gasteiger partial charge in [-0.05, 0) is 73.1 Å². The van der Waals surface area contributed by atoms with Crippen LogP contribution in [0, 0.1) is 5.92 Å². The summed E-state index contributed by atoms with van der Waals surface area (Å²) in [6.45, 7) is 14.5. The van der Waals surface area contributed by atoms with Crippen LogP contribution in [0.15, 0.2) is 103 Å². The molecule has 1 saturated heterocycles. The number of hydrogen-bond acceptors (Lipinski definition) is 2. The maximum absolute atomic E-state index is 13.6. The van der Waals surface area contributed by atoms with Crippen molar-refractivity contribution in [3.05, 3.63) is 115 Å². The third kappa shape index (κ3) is 5.23. The number of hydrogen-bond donors (Lipinski definition) is 0. The molecule has 176 valence electrons. The van der Waals surface area contributed by atoms with E-state index in [9.17, 15) is 4.79 Å². The van der Waals surface area contributed by atoms with Crippen molar-refractivity contribution >= 4 is 23.1 Å². The maximum Gasteiger partial charge on any atom is 0.262 e. The molecule has 35 heavy (non-hydrogen) atoms. The number of likely N-dealkylation sites (tertiary alicyclic amines) is 1. The van der Waals surface area contributed by atoms with Crippen LogP contribution in [0.2, 0.25) is 0 Å². The van der Waals surface area contributed by atoms with Crippen molar-refractivity contribution in [3.63, 3.8) is 0 Å². The molecular weight excluding hydrogens is 430 g/mol. The number of allylic oxidation sites excluding steroid dienone is 1. The third-order valence-corrected chi connectivity index (χ3v) is 6.81. The molecule has 1 amide bonds. The number of rotatable bonds is 7. The van der Waals surface area contributed by atoms with Gasteiger partial charge >= 0.3 is 0 Å². The summed E-state index contributed by atoms with van der Waals surface area (Å²) in [6, 6.07) is 20.0. The molecule has 3 aromatic rings. The van der Waals surface area contributed by atoms with Crippen molar-refractivity contribution < 1.29 is 9.21 Å². The number of furan rings is 1. The van der Waals surface area contributed by atoms with Crippen molar-refractivity contribution in [1.29, 1.82) is 0 Å². The summed E-state index contributed by atoms with van der Waals surface area (Å²) in [5.74, 6) is 1.21. The topological polar surface area (TPSA) is 33.5 Å². The van der Waals surface area contributed by atoms with Gasteiger partial charge in [0, 0.05) is 23.7 Å². The van der Waals surface area contributed by atoms with E-state index in [2.05, 4.69) is 50.3 Å². The Morgan fingerprint density at radius 2 is 1.89 bits per heavy atom. The second kappa shape index (κ2) is 10.9. The van der Waals surface area contributed by atoms with Gasteiger partial charge in [0.05, 0.1) is 11.8 Å².